The maximum atomic E-state index is 11.1. The summed E-state index contributed by atoms with van der Waals surface area (Å²) in [6.07, 6.45) is 5.68. The predicted molar refractivity (Wildman–Crippen MR) is 118 cm³/mol. The Bertz CT molecular complexity index is 798. The number of rotatable bonds is 5. The molecule has 3 nitrogen and oxygen atoms in total. The van der Waals surface area contributed by atoms with Crippen LogP contribution in [0.5, 0.6) is 0 Å². The molecule has 5 heteroatoms. The Labute approximate surface area is 171 Å². The number of benzene rings is 2. The van der Waals surface area contributed by atoms with Crippen molar-refractivity contribution in [2.75, 3.05) is 10.6 Å². The highest BCUT2D eigenvalue weighted by molar-refractivity contribution is 7.80. The lowest BCUT2D eigenvalue weighted by molar-refractivity contribution is -0.114. The van der Waals surface area contributed by atoms with Crippen LogP contribution < -0.4 is 10.6 Å². The summed E-state index contributed by atoms with van der Waals surface area (Å²) in [6.45, 7) is 1.53. The van der Waals surface area contributed by atoms with Gasteiger partial charge in [0, 0.05) is 29.7 Å². The summed E-state index contributed by atoms with van der Waals surface area (Å²) in [5.41, 5.74) is 3.18. The van der Waals surface area contributed by atoms with Crippen LogP contribution in [0.3, 0.4) is 0 Å². The zero-order chi connectivity index (χ0) is 19.2. The Morgan fingerprint density at radius 1 is 1.04 bits per heavy atom. The van der Waals surface area contributed by atoms with Crippen LogP contribution in [0.4, 0.5) is 11.4 Å². The van der Waals surface area contributed by atoms with Crippen molar-refractivity contribution < 1.29 is 4.79 Å². The van der Waals surface area contributed by atoms with E-state index >= 15 is 0 Å². The molecule has 1 aliphatic rings. The number of carbonyl (C=O) groups is 1. The molecule has 0 radical (unpaired) electrons. The van der Waals surface area contributed by atoms with Gasteiger partial charge in [-0.05, 0) is 73.4 Å². The number of hydrogen-bond donors (Lipinski definition) is 2. The third-order valence-electron chi connectivity index (χ3n) is 5.13. The van der Waals surface area contributed by atoms with E-state index in [0.717, 1.165) is 22.8 Å². The molecule has 1 fully saturated rings. The Morgan fingerprint density at radius 2 is 1.74 bits per heavy atom. The maximum Gasteiger partial charge on any atom is 0.221 e. The van der Waals surface area contributed by atoms with Crippen molar-refractivity contribution >= 4 is 46.1 Å². The molecule has 0 spiro atoms. The first-order valence-corrected chi connectivity index (χ1v) is 10.2. The van der Waals surface area contributed by atoms with Crippen LogP contribution in [0, 0.1) is 5.92 Å². The molecule has 0 bridgehead atoms. The second-order valence-corrected chi connectivity index (χ2v) is 8.21. The van der Waals surface area contributed by atoms with Gasteiger partial charge < -0.3 is 10.6 Å². The first kappa shape index (κ1) is 19.8. The lowest BCUT2D eigenvalue weighted by Crippen LogP contribution is -2.19. The summed E-state index contributed by atoms with van der Waals surface area (Å²) in [6, 6.07) is 15.9. The minimum atomic E-state index is -0.0365. The maximum absolute atomic E-state index is 11.1. The summed E-state index contributed by atoms with van der Waals surface area (Å²) in [7, 11) is 0. The van der Waals surface area contributed by atoms with Crippen LogP contribution in [0.1, 0.15) is 50.5 Å². The Kier molecular flexibility index (Phi) is 6.86. The van der Waals surface area contributed by atoms with Gasteiger partial charge in [0.1, 0.15) is 0 Å². The van der Waals surface area contributed by atoms with Crippen molar-refractivity contribution in [3.05, 3.63) is 59.1 Å². The summed E-state index contributed by atoms with van der Waals surface area (Å²) in [5.74, 6) is 1.20. The average molecular weight is 401 g/mol. The second kappa shape index (κ2) is 9.34. The van der Waals surface area contributed by atoms with E-state index < -0.39 is 0 Å². The van der Waals surface area contributed by atoms with Gasteiger partial charge in [0.2, 0.25) is 5.91 Å². The van der Waals surface area contributed by atoms with E-state index in [2.05, 4.69) is 22.8 Å². The lowest BCUT2D eigenvalue weighted by Gasteiger charge is -2.29. The highest BCUT2D eigenvalue weighted by atomic mass is 35.5. The van der Waals surface area contributed by atoms with Gasteiger partial charge in [-0.25, -0.2) is 0 Å². The number of anilines is 2. The lowest BCUT2D eigenvalue weighted by atomic mass is 9.77. The first-order chi connectivity index (χ1) is 13.0. The minimum Gasteiger partial charge on any atom is -0.350 e. The van der Waals surface area contributed by atoms with Crippen LogP contribution in [0.15, 0.2) is 48.5 Å². The van der Waals surface area contributed by atoms with Crippen molar-refractivity contribution in [1.29, 1.82) is 0 Å². The molecule has 0 atom stereocenters. The minimum absolute atomic E-state index is 0.0365. The van der Waals surface area contributed by atoms with Crippen LogP contribution in [-0.4, -0.2) is 10.9 Å². The molecule has 2 aromatic carbocycles. The molecule has 1 amide bonds. The molecule has 0 aliphatic heterocycles. The number of hydrogen-bond acceptors (Lipinski definition) is 2. The molecular formula is C22H25ClN2OS. The first-order valence-electron chi connectivity index (χ1n) is 9.42. The van der Waals surface area contributed by atoms with Crippen molar-refractivity contribution in [1.82, 2.24) is 0 Å². The normalized spacial score (nSPS) is 19.3. The van der Waals surface area contributed by atoms with Crippen molar-refractivity contribution in [3.63, 3.8) is 0 Å². The molecule has 0 saturated heterocycles. The Balaban J connectivity index is 1.47. The molecule has 27 heavy (non-hydrogen) atoms. The fourth-order valence-electron chi connectivity index (χ4n) is 3.78. The topological polar surface area (TPSA) is 41.1 Å². The van der Waals surface area contributed by atoms with Gasteiger partial charge in [-0.15, -0.1) is 0 Å². The van der Waals surface area contributed by atoms with Crippen LogP contribution in [0.2, 0.25) is 5.02 Å². The Morgan fingerprint density at radius 3 is 2.37 bits per heavy atom. The second-order valence-electron chi connectivity index (χ2n) is 7.28. The van der Waals surface area contributed by atoms with Gasteiger partial charge >= 0.3 is 0 Å². The summed E-state index contributed by atoms with van der Waals surface area (Å²) >= 11 is 11.6. The highest BCUT2D eigenvalue weighted by Gasteiger charge is 2.23. The average Bonchev–Trinajstić information content (AvgIpc) is 2.62. The smallest absolute Gasteiger partial charge is 0.221 e. The molecule has 0 heterocycles. The molecule has 142 valence electrons. The Hall–Kier alpha value is -1.91. The van der Waals surface area contributed by atoms with Gasteiger partial charge in [-0.1, -0.05) is 42.0 Å². The molecular weight excluding hydrogens is 376 g/mol. The van der Waals surface area contributed by atoms with E-state index in [1.807, 2.05) is 36.4 Å². The zero-order valence-corrected chi connectivity index (χ0v) is 17.1. The molecule has 2 aromatic rings. The SMILES string of the molecule is CC(=O)Nc1ccc([C@H]2CC[C@@H](CC(=S)Nc3cccc(Cl)c3)CC2)cc1. The summed E-state index contributed by atoms with van der Waals surface area (Å²) in [5, 5.41) is 6.84. The fourth-order valence-corrected chi connectivity index (χ4v) is 4.33. The van der Waals surface area contributed by atoms with Crippen LogP contribution in [0.25, 0.3) is 0 Å². The van der Waals surface area contributed by atoms with E-state index in [4.69, 9.17) is 23.8 Å². The third-order valence-corrected chi connectivity index (χ3v) is 5.64. The fraction of sp³-hybridized carbons (Fsp3) is 0.364. The van der Waals surface area contributed by atoms with Gasteiger partial charge in [0.15, 0.2) is 0 Å². The van der Waals surface area contributed by atoms with E-state index in [1.165, 1.54) is 38.2 Å². The quantitative estimate of drug-likeness (QED) is 0.570. The summed E-state index contributed by atoms with van der Waals surface area (Å²) in [4.78, 5) is 12.0. The summed E-state index contributed by atoms with van der Waals surface area (Å²) < 4.78 is 0. The molecule has 2 N–H and O–H groups in total. The van der Waals surface area contributed by atoms with Gasteiger partial charge in [-0.2, -0.15) is 0 Å². The number of thiocarbonyl (C=S) groups is 1. The zero-order valence-electron chi connectivity index (χ0n) is 15.5. The standard InChI is InChI=1S/C22H25ClN2OS/c1-15(26)24-20-11-9-18(10-12-20)17-7-5-16(6-8-17)13-22(27)25-21-4-2-3-19(23)14-21/h2-4,9-12,14,16-17H,5-8,13H2,1H3,(H,24,26)(H,25,27)/t16-,17+. The van der Waals surface area contributed by atoms with Gasteiger partial charge in [0.25, 0.3) is 0 Å². The third kappa shape index (κ3) is 6.05. The molecule has 3 rings (SSSR count). The van der Waals surface area contributed by atoms with Crippen molar-refractivity contribution in [2.24, 2.45) is 5.92 Å². The number of halogens is 1. The molecule has 1 aliphatic carbocycles. The number of amides is 1. The van der Waals surface area contributed by atoms with Crippen LogP contribution >= 0.6 is 23.8 Å². The van der Waals surface area contributed by atoms with Gasteiger partial charge in [0.05, 0.1) is 4.99 Å². The van der Waals surface area contributed by atoms with Gasteiger partial charge in [-0.3, -0.25) is 4.79 Å². The van der Waals surface area contributed by atoms with Crippen molar-refractivity contribution in [3.8, 4) is 0 Å². The van der Waals surface area contributed by atoms with E-state index in [1.54, 1.807) is 0 Å². The number of nitrogens with one attached hydrogen (secondary N) is 2. The molecule has 0 aromatic heterocycles. The van der Waals surface area contributed by atoms with Crippen LogP contribution in [-0.2, 0) is 4.79 Å². The molecule has 1 saturated carbocycles. The predicted octanol–water partition coefficient (Wildman–Crippen LogP) is 6.40. The van der Waals surface area contributed by atoms with E-state index in [0.29, 0.717) is 16.9 Å². The monoisotopic (exact) mass is 400 g/mol. The largest absolute Gasteiger partial charge is 0.350 e. The molecule has 0 unspecified atom stereocenters. The highest BCUT2D eigenvalue weighted by Crippen LogP contribution is 2.37. The van der Waals surface area contributed by atoms with E-state index in [-0.39, 0.29) is 5.91 Å². The van der Waals surface area contributed by atoms with Crippen molar-refractivity contribution in [2.45, 2.75) is 44.9 Å². The number of carbonyl (C=O) groups excluding carboxylic acids is 1. The van der Waals surface area contributed by atoms with E-state index in [9.17, 15) is 4.79 Å².